The molecule has 1 amide bonds. The molecule has 0 radical (unpaired) electrons. The fourth-order valence-electron chi connectivity index (χ4n) is 1.78. The summed E-state index contributed by atoms with van der Waals surface area (Å²) in [6.07, 6.45) is 0. The van der Waals surface area contributed by atoms with Crippen molar-refractivity contribution in [3.05, 3.63) is 59.7 Å². The van der Waals surface area contributed by atoms with Crippen LogP contribution in [0.3, 0.4) is 0 Å². The van der Waals surface area contributed by atoms with E-state index in [1.165, 1.54) is 0 Å². The Morgan fingerprint density at radius 3 is 2.57 bits per heavy atom. The van der Waals surface area contributed by atoms with Crippen LogP contribution < -0.4 is 5.32 Å². The fraction of sp³-hybridized carbons (Fsp3) is 0.125. The molecule has 0 aliphatic rings. The van der Waals surface area contributed by atoms with Crippen molar-refractivity contribution in [3.63, 3.8) is 0 Å². The van der Waals surface area contributed by atoms with Gasteiger partial charge < -0.3 is 5.32 Å². The van der Waals surface area contributed by atoms with Gasteiger partial charge in [-0.2, -0.15) is 5.26 Å². The first kappa shape index (κ1) is 14.9. The Morgan fingerprint density at radius 2 is 1.95 bits per heavy atom. The van der Waals surface area contributed by atoms with Gasteiger partial charge in [-0.1, -0.05) is 12.1 Å². The number of hydrogen-bond acceptors (Lipinski definition) is 3. The Kier molecular flexibility index (Phi) is 4.85. The molecule has 0 aliphatic heterocycles. The zero-order valence-corrected chi connectivity index (χ0v) is 12.3. The summed E-state index contributed by atoms with van der Waals surface area (Å²) in [6, 6.07) is 15.8. The highest BCUT2D eigenvalue weighted by molar-refractivity contribution is 7.85. The highest BCUT2D eigenvalue weighted by atomic mass is 32.2. The molecular formula is C16H14N2O2S. The molecule has 0 aliphatic carbocycles. The first-order chi connectivity index (χ1) is 10.1. The van der Waals surface area contributed by atoms with Gasteiger partial charge in [0, 0.05) is 10.6 Å². The van der Waals surface area contributed by atoms with E-state index in [4.69, 9.17) is 5.26 Å². The topological polar surface area (TPSA) is 70.0 Å². The van der Waals surface area contributed by atoms with Gasteiger partial charge >= 0.3 is 0 Å². The van der Waals surface area contributed by atoms with Crippen molar-refractivity contribution in [1.29, 1.82) is 5.26 Å². The van der Waals surface area contributed by atoms with Crippen LogP contribution >= 0.6 is 0 Å². The number of benzene rings is 2. The van der Waals surface area contributed by atoms with Gasteiger partial charge in [0.2, 0.25) is 5.91 Å². The van der Waals surface area contributed by atoms with E-state index in [0.29, 0.717) is 16.1 Å². The zero-order chi connectivity index (χ0) is 15.2. The van der Waals surface area contributed by atoms with Gasteiger partial charge in [-0.25, -0.2) is 0 Å². The number of amides is 1. The second kappa shape index (κ2) is 6.82. The minimum absolute atomic E-state index is 0.0938. The van der Waals surface area contributed by atoms with Crippen LogP contribution in [0.1, 0.15) is 11.1 Å². The van der Waals surface area contributed by atoms with Crippen molar-refractivity contribution in [2.45, 2.75) is 11.8 Å². The Balaban J connectivity index is 1.98. The number of nitriles is 1. The Hall–Kier alpha value is -2.45. The largest absolute Gasteiger partial charge is 0.325 e. The van der Waals surface area contributed by atoms with E-state index in [1.807, 2.05) is 31.2 Å². The molecule has 1 N–H and O–H groups in total. The summed E-state index contributed by atoms with van der Waals surface area (Å²) in [6.45, 7) is 1.91. The maximum atomic E-state index is 12.1. The second-order valence-electron chi connectivity index (χ2n) is 4.54. The van der Waals surface area contributed by atoms with E-state index in [0.717, 1.165) is 5.56 Å². The highest BCUT2D eigenvalue weighted by Crippen LogP contribution is 2.11. The van der Waals surface area contributed by atoms with E-state index in [1.54, 1.807) is 30.3 Å². The van der Waals surface area contributed by atoms with E-state index < -0.39 is 10.8 Å². The van der Waals surface area contributed by atoms with Crippen molar-refractivity contribution >= 4 is 22.4 Å². The van der Waals surface area contributed by atoms with Gasteiger partial charge in [0.15, 0.2) is 0 Å². The summed E-state index contributed by atoms with van der Waals surface area (Å²) >= 11 is 0. The molecule has 5 heteroatoms. The third kappa shape index (κ3) is 4.26. The van der Waals surface area contributed by atoms with Crippen molar-refractivity contribution < 1.29 is 9.00 Å². The lowest BCUT2D eigenvalue weighted by Crippen LogP contribution is -2.19. The number of aryl methyl sites for hydroxylation is 1. The number of nitrogens with one attached hydrogen (secondary N) is 1. The summed E-state index contributed by atoms with van der Waals surface area (Å²) in [7, 11) is -1.37. The monoisotopic (exact) mass is 298 g/mol. The molecule has 0 fully saturated rings. The van der Waals surface area contributed by atoms with Gasteiger partial charge in [-0.3, -0.25) is 9.00 Å². The average molecular weight is 298 g/mol. The molecule has 1 unspecified atom stereocenters. The lowest BCUT2D eigenvalue weighted by Gasteiger charge is -2.06. The van der Waals surface area contributed by atoms with E-state index >= 15 is 0 Å². The summed E-state index contributed by atoms with van der Waals surface area (Å²) in [5.74, 6) is -0.414. The minimum atomic E-state index is -1.37. The van der Waals surface area contributed by atoms with Crippen molar-refractivity contribution in [1.82, 2.24) is 0 Å². The van der Waals surface area contributed by atoms with E-state index in [2.05, 4.69) is 5.32 Å². The van der Waals surface area contributed by atoms with Crippen molar-refractivity contribution in [2.24, 2.45) is 0 Å². The van der Waals surface area contributed by atoms with Crippen LogP contribution in [-0.2, 0) is 15.6 Å². The fourth-order valence-corrected chi connectivity index (χ4v) is 2.81. The zero-order valence-electron chi connectivity index (χ0n) is 11.5. The summed E-state index contributed by atoms with van der Waals surface area (Å²) in [4.78, 5) is 12.5. The Bertz CT molecular complexity index is 718. The molecule has 21 heavy (non-hydrogen) atoms. The van der Waals surface area contributed by atoms with Crippen LogP contribution in [0.4, 0.5) is 5.69 Å². The van der Waals surface area contributed by atoms with Crippen LogP contribution in [0.2, 0.25) is 0 Å². The maximum Gasteiger partial charge on any atom is 0.237 e. The van der Waals surface area contributed by atoms with Crippen LogP contribution in [-0.4, -0.2) is 15.9 Å². The molecule has 2 aromatic rings. The van der Waals surface area contributed by atoms with E-state index in [-0.39, 0.29) is 11.7 Å². The van der Waals surface area contributed by atoms with Crippen molar-refractivity contribution in [2.75, 3.05) is 11.1 Å². The second-order valence-corrected chi connectivity index (χ2v) is 5.99. The van der Waals surface area contributed by atoms with Crippen LogP contribution in [0.5, 0.6) is 0 Å². The van der Waals surface area contributed by atoms with Crippen molar-refractivity contribution in [3.8, 4) is 6.07 Å². The molecule has 0 saturated carbocycles. The predicted octanol–water partition coefficient (Wildman–Crippen LogP) is 2.61. The molecule has 106 valence electrons. The minimum Gasteiger partial charge on any atom is -0.325 e. The van der Waals surface area contributed by atoms with Crippen LogP contribution in [0.25, 0.3) is 0 Å². The molecule has 0 heterocycles. The Labute approximate surface area is 125 Å². The van der Waals surface area contributed by atoms with Gasteiger partial charge in [0.25, 0.3) is 0 Å². The third-order valence-corrected chi connectivity index (χ3v) is 4.12. The molecule has 2 rings (SSSR count). The van der Waals surface area contributed by atoms with Gasteiger partial charge in [-0.05, 0) is 48.9 Å². The number of carbonyl (C=O) groups is 1. The molecule has 2 aromatic carbocycles. The first-order valence-electron chi connectivity index (χ1n) is 6.33. The number of rotatable bonds is 4. The Morgan fingerprint density at radius 1 is 1.24 bits per heavy atom. The van der Waals surface area contributed by atoms with Crippen LogP contribution in [0, 0.1) is 18.3 Å². The lowest BCUT2D eigenvalue weighted by atomic mass is 10.2. The number of hydrogen-bond donors (Lipinski definition) is 1. The van der Waals surface area contributed by atoms with Crippen LogP contribution in [0.15, 0.2) is 53.4 Å². The average Bonchev–Trinajstić information content (AvgIpc) is 2.48. The van der Waals surface area contributed by atoms with E-state index in [9.17, 15) is 9.00 Å². The van der Waals surface area contributed by atoms with Gasteiger partial charge in [0.1, 0.15) is 5.75 Å². The maximum absolute atomic E-state index is 12.1. The first-order valence-corrected chi connectivity index (χ1v) is 7.65. The smallest absolute Gasteiger partial charge is 0.237 e. The quantitative estimate of drug-likeness (QED) is 0.943. The van der Waals surface area contributed by atoms with Gasteiger partial charge in [-0.15, -0.1) is 0 Å². The summed E-state index contributed by atoms with van der Waals surface area (Å²) in [5, 5.41) is 11.4. The van der Waals surface area contributed by atoms with Gasteiger partial charge in [0.05, 0.1) is 22.4 Å². The summed E-state index contributed by atoms with van der Waals surface area (Å²) in [5.41, 5.74) is 2.12. The predicted molar refractivity (Wildman–Crippen MR) is 82.2 cm³/mol. The number of nitrogens with zero attached hydrogens (tertiary/aromatic N) is 1. The molecule has 0 aromatic heterocycles. The number of carbonyl (C=O) groups excluding carboxylic acids is 1. The third-order valence-electron chi connectivity index (χ3n) is 2.81. The molecule has 0 bridgehead atoms. The summed E-state index contributed by atoms with van der Waals surface area (Å²) < 4.78 is 12.1. The highest BCUT2D eigenvalue weighted by Gasteiger charge is 2.10. The molecule has 1 atom stereocenters. The molecular weight excluding hydrogens is 284 g/mol. The standard InChI is InChI=1S/C16H14N2O2S/c1-12-3-2-4-15(9-12)21(20)11-16(19)18-14-7-5-13(10-17)6-8-14/h2-9H,11H2,1H3,(H,18,19). The number of anilines is 1. The lowest BCUT2D eigenvalue weighted by molar-refractivity contribution is -0.113. The SMILES string of the molecule is Cc1cccc(S(=O)CC(=O)Nc2ccc(C#N)cc2)c1. The molecule has 4 nitrogen and oxygen atoms in total. The molecule has 0 saturated heterocycles. The normalized spacial score (nSPS) is 11.4. The molecule has 0 spiro atoms.